The first-order valence-electron chi connectivity index (χ1n) is 8.41. The molecule has 2 fully saturated rings. The third-order valence-electron chi connectivity index (χ3n) is 5.19. The molecule has 2 aromatic rings. The Morgan fingerprint density at radius 1 is 1.29 bits per heavy atom. The van der Waals surface area contributed by atoms with Crippen molar-refractivity contribution in [2.75, 3.05) is 6.61 Å². The van der Waals surface area contributed by atoms with Crippen molar-refractivity contribution < 1.29 is 18.7 Å². The molecule has 0 unspecified atom stereocenters. The second-order valence-corrected chi connectivity index (χ2v) is 7.15. The van der Waals surface area contributed by atoms with Crippen LogP contribution in [0.25, 0.3) is 11.5 Å². The van der Waals surface area contributed by atoms with Gasteiger partial charge in [0.15, 0.2) is 5.69 Å². The summed E-state index contributed by atoms with van der Waals surface area (Å²) in [6, 6.07) is 9.50. The van der Waals surface area contributed by atoms with Gasteiger partial charge in [-0.3, -0.25) is 0 Å². The number of fused-ring (bicyclic) bond motifs is 1. The molecule has 2 heterocycles. The molecule has 1 aromatic carbocycles. The van der Waals surface area contributed by atoms with Crippen molar-refractivity contribution in [3.8, 4) is 11.5 Å². The lowest BCUT2D eigenvalue weighted by molar-refractivity contribution is -0.243. The maximum absolute atomic E-state index is 12.5. The molecule has 1 aliphatic carbocycles. The molecule has 1 saturated heterocycles. The van der Waals surface area contributed by atoms with Gasteiger partial charge in [0, 0.05) is 23.5 Å². The molecular weight excluding hydrogens is 306 g/mol. The standard InChI is InChI=1S/C19H21NO4/c1-19(2)15-13(9-6-10-22-15)16(19)24-18(21)14-11-23-17(20-14)12-7-4-3-5-8-12/h3-5,7-8,11,13,15-16H,6,9-10H2,1-2H3/t13-,15+,16-/m0/s1. The van der Waals surface area contributed by atoms with Gasteiger partial charge in [0.1, 0.15) is 12.4 Å². The molecule has 0 amide bonds. The number of hydrogen-bond acceptors (Lipinski definition) is 5. The predicted octanol–water partition coefficient (Wildman–Crippen LogP) is 3.70. The van der Waals surface area contributed by atoms with Crippen LogP contribution in [0.5, 0.6) is 0 Å². The number of rotatable bonds is 3. The molecule has 2 aliphatic rings. The van der Waals surface area contributed by atoms with Crippen molar-refractivity contribution in [1.82, 2.24) is 4.98 Å². The summed E-state index contributed by atoms with van der Waals surface area (Å²) in [5.74, 6) is 0.288. The normalized spacial score (nSPS) is 27.8. The number of ether oxygens (including phenoxy) is 2. The zero-order valence-electron chi connectivity index (χ0n) is 13.9. The zero-order valence-corrected chi connectivity index (χ0v) is 13.9. The summed E-state index contributed by atoms with van der Waals surface area (Å²) in [7, 11) is 0. The summed E-state index contributed by atoms with van der Waals surface area (Å²) in [5, 5.41) is 0. The summed E-state index contributed by atoms with van der Waals surface area (Å²) < 4.78 is 17.0. The predicted molar refractivity (Wildman–Crippen MR) is 87.4 cm³/mol. The Bertz CT molecular complexity index is 737. The van der Waals surface area contributed by atoms with Gasteiger partial charge in [0.25, 0.3) is 0 Å². The van der Waals surface area contributed by atoms with Crippen molar-refractivity contribution in [2.24, 2.45) is 11.3 Å². The van der Waals surface area contributed by atoms with Gasteiger partial charge in [-0.1, -0.05) is 32.0 Å². The molecule has 5 nitrogen and oxygen atoms in total. The quantitative estimate of drug-likeness (QED) is 0.804. The number of nitrogens with zero attached hydrogens (tertiary/aromatic N) is 1. The van der Waals surface area contributed by atoms with E-state index in [-0.39, 0.29) is 29.2 Å². The molecule has 4 rings (SSSR count). The second kappa shape index (κ2) is 5.74. The largest absolute Gasteiger partial charge is 0.456 e. The number of oxazole rings is 1. The molecule has 1 saturated carbocycles. The fourth-order valence-corrected chi connectivity index (χ4v) is 3.97. The van der Waals surface area contributed by atoms with Crippen LogP contribution in [0, 0.1) is 11.3 Å². The van der Waals surface area contributed by atoms with Crippen LogP contribution in [-0.4, -0.2) is 29.8 Å². The third kappa shape index (κ3) is 2.44. The van der Waals surface area contributed by atoms with Gasteiger partial charge in [0.05, 0.1) is 6.10 Å². The van der Waals surface area contributed by atoms with Crippen LogP contribution in [0.15, 0.2) is 41.0 Å². The molecule has 24 heavy (non-hydrogen) atoms. The number of benzene rings is 1. The van der Waals surface area contributed by atoms with E-state index in [1.165, 1.54) is 6.26 Å². The smallest absolute Gasteiger partial charge is 0.360 e. The van der Waals surface area contributed by atoms with E-state index in [0.29, 0.717) is 5.89 Å². The lowest BCUT2D eigenvalue weighted by Crippen LogP contribution is -2.65. The summed E-state index contributed by atoms with van der Waals surface area (Å²) in [6.07, 6.45) is 3.48. The molecular formula is C19H21NO4. The fourth-order valence-electron chi connectivity index (χ4n) is 3.97. The van der Waals surface area contributed by atoms with E-state index in [0.717, 1.165) is 25.0 Å². The van der Waals surface area contributed by atoms with Gasteiger partial charge in [-0.2, -0.15) is 0 Å². The Morgan fingerprint density at radius 2 is 2.08 bits per heavy atom. The Kier molecular flexibility index (Phi) is 3.68. The maximum atomic E-state index is 12.5. The first-order chi connectivity index (χ1) is 11.6. The van der Waals surface area contributed by atoms with Gasteiger partial charge in [-0.15, -0.1) is 0 Å². The van der Waals surface area contributed by atoms with Gasteiger partial charge in [-0.25, -0.2) is 9.78 Å². The van der Waals surface area contributed by atoms with E-state index in [4.69, 9.17) is 13.9 Å². The molecule has 1 aliphatic heterocycles. The zero-order chi connectivity index (χ0) is 16.7. The topological polar surface area (TPSA) is 61.6 Å². The number of carbonyl (C=O) groups excluding carboxylic acids is 1. The van der Waals surface area contributed by atoms with Gasteiger partial charge < -0.3 is 13.9 Å². The fraction of sp³-hybridized carbons (Fsp3) is 0.474. The Hall–Kier alpha value is -2.14. The Morgan fingerprint density at radius 3 is 2.88 bits per heavy atom. The van der Waals surface area contributed by atoms with Gasteiger partial charge in [0.2, 0.25) is 5.89 Å². The molecule has 1 aromatic heterocycles. The Balaban J connectivity index is 1.48. The van der Waals surface area contributed by atoms with Crippen LogP contribution in [0.4, 0.5) is 0 Å². The minimum atomic E-state index is -0.428. The van der Waals surface area contributed by atoms with E-state index in [2.05, 4.69) is 18.8 Å². The molecule has 126 valence electrons. The van der Waals surface area contributed by atoms with E-state index >= 15 is 0 Å². The van der Waals surface area contributed by atoms with Crippen molar-refractivity contribution in [3.05, 3.63) is 42.3 Å². The minimum absolute atomic E-state index is 0.132. The highest BCUT2D eigenvalue weighted by Gasteiger charge is 2.60. The summed E-state index contributed by atoms with van der Waals surface area (Å²) >= 11 is 0. The molecule has 0 bridgehead atoms. The van der Waals surface area contributed by atoms with E-state index < -0.39 is 5.97 Å². The summed E-state index contributed by atoms with van der Waals surface area (Å²) in [4.78, 5) is 16.7. The van der Waals surface area contributed by atoms with Crippen LogP contribution in [0.3, 0.4) is 0 Å². The van der Waals surface area contributed by atoms with Crippen LogP contribution in [-0.2, 0) is 9.47 Å². The second-order valence-electron chi connectivity index (χ2n) is 7.15. The molecule has 5 heteroatoms. The van der Waals surface area contributed by atoms with Crippen LogP contribution in [0.2, 0.25) is 0 Å². The lowest BCUT2D eigenvalue weighted by Gasteiger charge is -2.58. The highest BCUT2D eigenvalue weighted by Crippen LogP contribution is 2.53. The van der Waals surface area contributed by atoms with Crippen molar-refractivity contribution in [1.29, 1.82) is 0 Å². The average Bonchev–Trinajstić information content (AvgIpc) is 3.10. The molecule has 0 N–H and O–H groups in total. The minimum Gasteiger partial charge on any atom is -0.456 e. The lowest BCUT2D eigenvalue weighted by atomic mass is 9.57. The highest BCUT2D eigenvalue weighted by atomic mass is 16.6. The first kappa shape index (κ1) is 15.4. The van der Waals surface area contributed by atoms with Crippen molar-refractivity contribution in [2.45, 2.75) is 38.9 Å². The first-order valence-corrected chi connectivity index (χ1v) is 8.41. The van der Waals surface area contributed by atoms with Crippen LogP contribution >= 0.6 is 0 Å². The number of esters is 1. The highest BCUT2D eigenvalue weighted by molar-refractivity contribution is 5.87. The van der Waals surface area contributed by atoms with Crippen LogP contribution < -0.4 is 0 Å². The molecule has 3 atom stereocenters. The van der Waals surface area contributed by atoms with Crippen LogP contribution in [0.1, 0.15) is 37.2 Å². The Labute approximate surface area is 141 Å². The average molecular weight is 327 g/mol. The number of hydrogen-bond donors (Lipinski definition) is 0. The SMILES string of the molecule is CC1(C)[C@@H]2OCCC[C@@H]2[C@@H]1OC(=O)c1coc(-c2ccccc2)n1. The summed E-state index contributed by atoms with van der Waals surface area (Å²) in [6.45, 7) is 4.99. The third-order valence-corrected chi connectivity index (χ3v) is 5.19. The van der Waals surface area contributed by atoms with Gasteiger partial charge >= 0.3 is 5.97 Å². The van der Waals surface area contributed by atoms with E-state index in [1.54, 1.807) is 0 Å². The van der Waals surface area contributed by atoms with Crippen molar-refractivity contribution >= 4 is 5.97 Å². The molecule has 0 radical (unpaired) electrons. The number of carbonyl (C=O) groups is 1. The van der Waals surface area contributed by atoms with E-state index in [1.807, 2.05) is 30.3 Å². The number of aromatic nitrogens is 1. The maximum Gasteiger partial charge on any atom is 0.360 e. The summed E-state index contributed by atoms with van der Waals surface area (Å²) in [5.41, 5.74) is 0.887. The van der Waals surface area contributed by atoms with E-state index in [9.17, 15) is 4.79 Å². The monoisotopic (exact) mass is 327 g/mol. The van der Waals surface area contributed by atoms with Gasteiger partial charge in [-0.05, 0) is 25.0 Å². The van der Waals surface area contributed by atoms with Crippen molar-refractivity contribution in [3.63, 3.8) is 0 Å². The molecule has 0 spiro atoms.